The van der Waals surface area contributed by atoms with E-state index in [0.29, 0.717) is 30.8 Å². The van der Waals surface area contributed by atoms with Gasteiger partial charge in [0.1, 0.15) is 10.7 Å². The molecule has 0 fully saturated rings. The summed E-state index contributed by atoms with van der Waals surface area (Å²) >= 11 is 1.21. The Balaban J connectivity index is 2.10. The summed E-state index contributed by atoms with van der Waals surface area (Å²) in [6.45, 7) is 5.33. The molecule has 3 unspecified atom stereocenters. The van der Waals surface area contributed by atoms with E-state index in [1.165, 1.54) is 18.3 Å². The van der Waals surface area contributed by atoms with E-state index in [0.717, 1.165) is 18.4 Å². The molecule has 2 N–H and O–H groups in total. The van der Waals surface area contributed by atoms with Crippen LogP contribution < -0.4 is 5.32 Å². The molecule has 0 radical (unpaired) electrons. The average molecular weight is 532 g/mol. The van der Waals surface area contributed by atoms with Crippen LogP contribution in [-0.2, 0) is 25.5 Å². The third-order valence-corrected chi connectivity index (χ3v) is 6.89. The summed E-state index contributed by atoms with van der Waals surface area (Å²) in [5.41, 5.74) is 1.16. The Morgan fingerprint density at radius 1 is 1.19 bits per heavy atom. The van der Waals surface area contributed by atoms with Gasteiger partial charge in [0.05, 0.1) is 5.92 Å². The third kappa shape index (κ3) is 10.3. The first-order valence-electron chi connectivity index (χ1n) is 12.5. The quantitative estimate of drug-likeness (QED) is 0.329. The summed E-state index contributed by atoms with van der Waals surface area (Å²) in [6.07, 6.45) is 2.64. The van der Waals surface area contributed by atoms with Crippen molar-refractivity contribution in [2.45, 2.75) is 71.4 Å². The maximum atomic E-state index is 13.0. The first kappa shape index (κ1) is 30.0. The standard InChI is InChI=1S/C27H37N3O6S/c1-5-6-12-24(32)30(4)14-13-23(36-19(3)31)26-29-22(17-37-26)25(33)28-21(15-18(2)27(34)35)16-20-10-8-7-9-11-20/h7-11,17-18,21,23H,5-6,12-16H2,1-4H3,(H,28,33)(H,34,35). The maximum absolute atomic E-state index is 13.0. The number of esters is 1. The van der Waals surface area contributed by atoms with Crippen LogP contribution in [0.1, 0.15) is 80.0 Å². The number of amides is 2. The lowest BCUT2D eigenvalue weighted by Gasteiger charge is -2.21. The van der Waals surface area contributed by atoms with Crippen molar-refractivity contribution in [3.63, 3.8) is 0 Å². The molecule has 0 spiro atoms. The number of thiazole rings is 1. The summed E-state index contributed by atoms with van der Waals surface area (Å²) in [7, 11) is 1.72. The summed E-state index contributed by atoms with van der Waals surface area (Å²) in [4.78, 5) is 54.4. The van der Waals surface area contributed by atoms with Gasteiger partial charge in [-0.3, -0.25) is 19.2 Å². The third-order valence-electron chi connectivity index (χ3n) is 5.95. The molecule has 1 aromatic heterocycles. The number of unbranched alkanes of at least 4 members (excludes halogenated alkanes) is 1. The number of benzene rings is 1. The number of carbonyl (C=O) groups is 4. The Morgan fingerprint density at radius 3 is 2.51 bits per heavy atom. The van der Waals surface area contributed by atoms with Crippen molar-refractivity contribution in [1.82, 2.24) is 15.2 Å². The fourth-order valence-corrected chi connectivity index (χ4v) is 4.67. The van der Waals surface area contributed by atoms with Crippen molar-refractivity contribution in [2.75, 3.05) is 13.6 Å². The van der Waals surface area contributed by atoms with Gasteiger partial charge in [-0.25, -0.2) is 4.98 Å². The van der Waals surface area contributed by atoms with Crippen LogP contribution in [0.25, 0.3) is 0 Å². The number of nitrogens with one attached hydrogen (secondary N) is 1. The monoisotopic (exact) mass is 531 g/mol. The average Bonchev–Trinajstić information content (AvgIpc) is 3.35. The molecule has 3 atom stereocenters. The van der Waals surface area contributed by atoms with Gasteiger partial charge in [0.25, 0.3) is 5.91 Å². The number of hydrogen-bond donors (Lipinski definition) is 2. The second kappa shape index (κ2) is 15.1. The summed E-state index contributed by atoms with van der Waals surface area (Å²) in [5.74, 6) is -2.43. The summed E-state index contributed by atoms with van der Waals surface area (Å²) in [6, 6.07) is 9.14. The molecule has 2 rings (SSSR count). The van der Waals surface area contributed by atoms with Gasteiger partial charge in [0, 0.05) is 44.8 Å². The predicted molar refractivity (Wildman–Crippen MR) is 141 cm³/mol. The molecule has 202 valence electrons. The molecule has 0 saturated heterocycles. The molecular weight excluding hydrogens is 494 g/mol. The second-order valence-corrected chi connectivity index (χ2v) is 10.1. The molecule has 2 amide bonds. The molecule has 1 aromatic carbocycles. The molecule has 37 heavy (non-hydrogen) atoms. The van der Waals surface area contributed by atoms with E-state index in [4.69, 9.17) is 4.74 Å². The zero-order chi connectivity index (χ0) is 27.4. The number of nitrogens with zero attached hydrogens (tertiary/aromatic N) is 2. The molecule has 0 aliphatic rings. The van der Waals surface area contributed by atoms with Gasteiger partial charge in [0.2, 0.25) is 5.91 Å². The minimum absolute atomic E-state index is 0.0303. The van der Waals surface area contributed by atoms with E-state index < -0.39 is 35.9 Å². The lowest BCUT2D eigenvalue weighted by Crippen LogP contribution is -2.38. The number of ether oxygens (including phenoxy) is 1. The Morgan fingerprint density at radius 2 is 1.89 bits per heavy atom. The normalized spacial score (nSPS) is 13.3. The van der Waals surface area contributed by atoms with E-state index in [1.54, 1.807) is 24.3 Å². The summed E-state index contributed by atoms with van der Waals surface area (Å²) in [5, 5.41) is 14.3. The van der Waals surface area contributed by atoms with E-state index in [1.807, 2.05) is 37.3 Å². The largest absolute Gasteiger partial charge is 0.481 e. The van der Waals surface area contributed by atoms with Crippen LogP contribution in [0.3, 0.4) is 0 Å². The molecule has 10 heteroatoms. The van der Waals surface area contributed by atoms with Crippen molar-refractivity contribution in [1.29, 1.82) is 0 Å². The van der Waals surface area contributed by atoms with E-state index >= 15 is 0 Å². The lowest BCUT2D eigenvalue weighted by molar-refractivity contribution is -0.147. The Bertz CT molecular complexity index is 1040. The van der Waals surface area contributed by atoms with Gasteiger partial charge in [-0.1, -0.05) is 50.6 Å². The lowest BCUT2D eigenvalue weighted by atomic mass is 9.96. The zero-order valence-corrected chi connectivity index (χ0v) is 22.8. The van der Waals surface area contributed by atoms with Crippen LogP contribution in [-0.4, -0.2) is 58.4 Å². The van der Waals surface area contributed by atoms with Gasteiger partial charge >= 0.3 is 11.9 Å². The highest BCUT2D eigenvalue weighted by molar-refractivity contribution is 7.09. The molecule has 0 aliphatic heterocycles. The minimum Gasteiger partial charge on any atom is -0.481 e. The van der Waals surface area contributed by atoms with Gasteiger partial charge < -0.3 is 20.1 Å². The predicted octanol–water partition coefficient (Wildman–Crippen LogP) is 4.24. The van der Waals surface area contributed by atoms with Crippen LogP contribution in [0.15, 0.2) is 35.7 Å². The molecule has 0 bridgehead atoms. The number of carbonyl (C=O) groups excluding carboxylic acids is 3. The number of rotatable bonds is 15. The van der Waals surface area contributed by atoms with Crippen molar-refractivity contribution in [2.24, 2.45) is 5.92 Å². The number of aromatic nitrogens is 1. The first-order valence-corrected chi connectivity index (χ1v) is 13.4. The molecule has 0 aliphatic carbocycles. The highest BCUT2D eigenvalue weighted by Gasteiger charge is 2.25. The Hall–Kier alpha value is -3.27. The Kier molecular flexibility index (Phi) is 12.2. The highest BCUT2D eigenvalue weighted by atomic mass is 32.1. The molecule has 9 nitrogen and oxygen atoms in total. The topological polar surface area (TPSA) is 126 Å². The van der Waals surface area contributed by atoms with Gasteiger partial charge in [-0.2, -0.15) is 0 Å². The molecule has 1 heterocycles. The fourth-order valence-electron chi connectivity index (χ4n) is 3.81. The molecule has 0 saturated carbocycles. The van der Waals surface area contributed by atoms with Crippen LogP contribution in [0.2, 0.25) is 0 Å². The van der Waals surface area contributed by atoms with Crippen LogP contribution in [0, 0.1) is 5.92 Å². The zero-order valence-electron chi connectivity index (χ0n) is 21.9. The minimum atomic E-state index is -0.925. The van der Waals surface area contributed by atoms with E-state index in [2.05, 4.69) is 10.3 Å². The smallest absolute Gasteiger partial charge is 0.306 e. The molecular formula is C27H37N3O6S. The highest BCUT2D eigenvalue weighted by Crippen LogP contribution is 2.26. The van der Waals surface area contributed by atoms with Crippen LogP contribution >= 0.6 is 11.3 Å². The van der Waals surface area contributed by atoms with Gasteiger partial charge in [0.15, 0.2) is 6.10 Å². The number of carboxylic acids is 1. The van der Waals surface area contributed by atoms with E-state index in [-0.39, 0.29) is 18.0 Å². The van der Waals surface area contributed by atoms with Crippen molar-refractivity contribution in [3.05, 3.63) is 52.0 Å². The second-order valence-electron chi connectivity index (χ2n) is 9.21. The van der Waals surface area contributed by atoms with Gasteiger partial charge in [-0.05, 0) is 24.8 Å². The number of hydrogen-bond acceptors (Lipinski definition) is 7. The van der Waals surface area contributed by atoms with Gasteiger partial charge in [-0.15, -0.1) is 11.3 Å². The van der Waals surface area contributed by atoms with Crippen LogP contribution in [0.4, 0.5) is 0 Å². The SMILES string of the molecule is CCCCC(=O)N(C)CCC(OC(C)=O)c1nc(C(=O)NC(Cc2ccccc2)CC(C)C(=O)O)cs1. The van der Waals surface area contributed by atoms with Crippen molar-refractivity contribution < 1.29 is 29.0 Å². The van der Waals surface area contributed by atoms with Crippen molar-refractivity contribution in [3.8, 4) is 0 Å². The Labute approximate surface area is 222 Å². The molecule has 2 aromatic rings. The number of aliphatic carboxylic acids is 1. The van der Waals surface area contributed by atoms with Crippen LogP contribution in [0.5, 0.6) is 0 Å². The maximum Gasteiger partial charge on any atom is 0.306 e. The number of carboxylic acid groups (broad SMARTS) is 1. The van der Waals surface area contributed by atoms with Crippen molar-refractivity contribution >= 4 is 35.1 Å². The van der Waals surface area contributed by atoms with E-state index in [9.17, 15) is 24.3 Å². The first-order chi connectivity index (χ1) is 17.6. The fraction of sp³-hybridized carbons (Fsp3) is 0.519. The summed E-state index contributed by atoms with van der Waals surface area (Å²) < 4.78 is 5.45.